The molecule has 0 atom stereocenters. The van der Waals surface area contributed by atoms with Crippen molar-refractivity contribution in [3.05, 3.63) is 18.2 Å². The van der Waals surface area contributed by atoms with Crippen LogP contribution in [-0.4, -0.2) is 21.5 Å². The Bertz CT molecular complexity index is 375. The number of ether oxygens (including phenoxy) is 1. The number of aromatic nitrogens is 2. The topological polar surface area (TPSA) is 55.0 Å². The van der Waals surface area contributed by atoms with Crippen molar-refractivity contribution in [3.63, 3.8) is 0 Å². The van der Waals surface area contributed by atoms with Gasteiger partial charge in [-0.3, -0.25) is 4.79 Å². The van der Waals surface area contributed by atoms with Crippen LogP contribution in [0.1, 0.15) is 53.2 Å². The number of aromatic amines is 1. The highest BCUT2D eigenvalue weighted by Gasteiger charge is 2.24. The number of hydrogen-bond acceptors (Lipinski definition) is 3. The van der Waals surface area contributed by atoms with Gasteiger partial charge < -0.3 is 9.72 Å². The minimum atomic E-state index is -0.499. The molecule has 0 bridgehead atoms. The van der Waals surface area contributed by atoms with E-state index >= 15 is 0 Å². The molecule has 1 N–H and O–H groups in total. The molecule has 0 radical (unpaired) electrons. The lowest BCUT2D eigenvalue weighted by Gasteiger charge is -2.25. The summed E-state index contributed by atoms with van der Waals surface area (Å²) in [5, 5.41) is 0. The summed E-state index contributed by atoms with van der Waals surface area (Å²) < 4.78 is 5.52. The highest BCUT2D eigenvalue weighted by atomic mass is 16.6. The van der Waals surface area contributed by atoms with Gasteiger partial charge in [-0.25, -0.2) is 4.98 Å². The van der Waals surface area contributed by atoms with Crippen LogP contribution in [0, 0.1) is 5.41 Å². The molecular weight excluding hydrogens is 228 g/mol. The van der Waals surface area contributed by atoms with Gasteiger partial charge in [0.15, 0.2) is 0 Å². The minimum absolute atomic E-state index is 0.130. The first-order valence-electron chi connectivity index (χ1n) is 6.37. The van der Waals surface area contributed by atoms with E-state index in [0.29, 0.717) is 12.8 Å². The van der Waals surface area contributed by atoms with Gasteiger partial charge in [0.2, 0.25) is 0 Å². The molecule has 0 saturated carbocycles. The van der Waals surface area contributed by atoms with Gasteiger partial charge in [0, 0.05) is 24.7 Å². The Morgan fingerprint density at radius 3 is 2.50 bits per heavy atom. The van der Waals surface area contributed by atoms with E-state index in [9.17, 15) is 4.79 Å². The van der Waals surface area contributed by atoms with Crippen LogP contribution in [-0.2, 0) is 16.0 Å². The van der Waals surface area contributed by atoms with E-state index in [0.717, 1.165) is 12.1 Å². The third kappa shape index (κ3) is 5.84. The molecule has 102 valence electrons. The number of nitrogens with one attached hydrogen (secondary N) is 1. The summed E-state index contributed by atoms with van der Waals surface area (Å²) in [6, 6.07) is 0. The molecule has 1 heterocycles. The van der Waals surface area contributed by atoms with Crippen LogP contribution in [0.15, 0.2) is 12.5 Å². The largest absolute Gasteiger partial charge is 0.459 e. The third-order valence-electron chi connectivity index (χ3n) is 2.64. The summed E-state index contributed by atoms with van der Waals surface area (Å²) in [6.45, 7) is 10.2. The zero-order valence-electron chi connectivity index (χ0n) is 12.0. The predicted molar refractivity (Wildman–Crippen MR) is 71.2 cm³/mol. The Balaban J connectivity index is 2.42. The van der Waals surface area contributed by atoms with Crippen molar-refractivity contribution in [1.82, 2.24) is 9.97 Å². The summed E-state index contributed by atoms with van der Waals surface area (Å²) in [5.74, 6) is -0.130. The van der Waals surface area contributed by atoms with Crippen molar-refractivity contribution < 1.29 is 9.53 Å². The van der Waals surface area contributed by atoms with Crippen molar-refractivity contribution in [2.24, 2.45) is 5.41 Å². The number of hydrogen-bond donors (Lipinski definition) is 1. The number of esters is 1. The van der Waals surface area contributed by atoms with Crippen LogP contribution in [0.25, 0.3) is 0 Å². The fraction of sp³-hybridized carbons (Fsp3) is 0.714. The molecule has 4 nitrogen and oxygen atoms in total. The first kappa shape index (κ1) is 14.7. The lowest BCUT2D eigenvalue weighted by atomic mass is 9.90. The summed E-state index contributed by atoms with van der Waals surface area (Å²) >= 11 is 0. The van der Waals surface area contributed by atoms with Gasteiger partial charge in [-0.15, -0.1) is 0 Å². The van der Waals surface area contributed by atoms with E-state index in [1.54, 1.807) is 12.5 Å². The Morgan fingerprint density at radius 1 is 1.33 bits per heavy atom. The quantitative estimate of drug-likeness (QED) is 0.819. The molecule has 1 rings (SSSR count). The first-order valence-corrected chi connectivity index (χ1v) is 6.37. The Morgan fingerprint density at radius 2 is 2.00 bits per heavy atom. The number of imidazole rings is 1. The monoisotopic (exact) mass is 252 g/mol. The van der Waals surface area contributed by atoms with Gasteiger partial charge in [0.05, 0.1) is 6.33 Å². The average Bonchev–Trinajstić information content (AvgIpc) is 2.64. The molecule has 1 aromatic rings. The van der Waals surface area contributed by atoms with E-state index < -0.39 is 5.60 Å². The molecule has 4 heteroatoms. The standard InChI is InChI=1S/C14H24N2O2/c1-13(2,3)7-6-12(17)18-14(4,5)8-11-9-15-10-16-11/h9-10H,6-8H2,1-5H3,(H,15,16). The maximum absolute atomic E-state index is 11.8. The Kier molecular flexibility index (Phi) is 4.54. The van der Waals surface area contributed by atoms with Crippen LogP contribution in [0.2, 0.25) is 0 Å². The molecule has 0 unspecified atom stereocenters. The van der Waals surface area contributed by atoms with Crippen LogP contribution >= 0.6 is 0 Å². The molecule has 0 amide bonds. The molecular formula is C14H24N2O2. The lowest BCUT2D eigenvalue weighted by molar-refractivity contribution is -0.157. The number of carbonyl (C=O) groups excluding carboxylic acids is 1. The maximum atomic E-state index is 11.8. The van der Waals surface area contributed by atoms with Crippen molar-refractivity contribution >= 4 is 5.97 Å². The zero-order chi connectivity index (χ0) is 13.8. The number of H-pyrrole nitrogens is 1. The molecule has 0 aliphatic carbocycles. The highest BCUT2D eigenvalue weighted by Crippen LogP contribution is 2.22. The van der Waals surface area contributed by atoms with E-state index in [2.05, 4.69) is 30.7 Å². The van der Waals surface area contributed by atoms with Crippen molar-refractivity contribution in [2.45, 2.75) is 59.5 Å². The fourth-order valence-electron chi connectivity index (χ4n) is 1.71. The molecule has 0 aliphatic heterocycles. The molecule has 0 aromatic carbocycles. The van der Waals surface area contributed by atoms with Gasteiger partial charge in [-0.1, -0.05) is 20.8 Å². The summed E-state index contributed by atoms with van der Waals surface area (Å²) in [6.07, 6.45) is 5.34. The molecule has 0 spiro atoms. The third-order valence-corrected chi connectivity index (χ3v) is 2.64. The molecule has 0 fully saturated rings. The van der Waals surface area contributed by atoms with Crippen molar-refractivity contribution in [3.8, 4) is 0 Å². The average molecular weight is 252 g/mol. The molecule has 0 aliphatic rings. The molecule has 0 saturated heterocycles. The van der Waals surface area contributed by atoms with Crippen LogP contribution in [0.4, 0.5) is 0 Å². The number of carbonyl (C=O) groups is 1. The van der Waals surface area contributed by atoms with Gasteiger partial charge in [0.25, 0.3) is 0 Å². The second-order valence-electron chi connectivity index (χ2n) is 6.55. The fourth-order valence-corrected chi connectivity index (χ4v) is 1.71. The SMILES string of the molecule is CC(C)(C)CCC(=O)OC(C)(C)Cc1cnc[nH]1. The minimum Gasteiger partial charge on any atom is -0.459 e. The van der Waals surface area contributed by atoms with Crippen molar-refractivity contribution in [1.29, 1.82) is 0 Å². The molecule has 18 heavy (non-hydrogen) atoms. The predicted octanol–water partition coefficient (Wildman–Crippen LogP) is 3.10. The van der Waals surface area contributed by atoms with E-state index in [4.69, 9.17) is 4.74 Å². The second kappa shape index (κ2) is 5.55. The van der Waals surface area contributed by atoms with E-state index in [-0.39, 0.29) is 11.4 Å². The maximum Gasteiger partial charge on any atom is 0.306 e. The first-order chi connectivity index (χ1) is 8.18. The second-order valence-corrected chi connectivity index (χ2v) is 6.55. The summed E-state index contributed by atoms with van der Waals surface area (Å²) in [5.41, 5.74) is 0.636. The number of nitrogens with zero attached hydrogens (tertiary/aromatic N) is 1. The van der Waals surface area contributed by atoms with Gasteiger partial charge >= 0.3 is 5.97 Å². The van der Waals surface area contributed by atoms with Crippen LogP contribution in [0.3, 0.4) is 0 Å². The molecule has 1 aromatic heterocycles. The van der Waals surface area contributed by atoms with E-state index in [1.807, 2.05) is 13.8 Å². The normalized spacial score (nSPS) is 12.5. The number of rotatable bonds is 5. The lowest BCUT2D eigenvalue weighted by Crippen LogP contribution is -2.31. The highest BCUT2D eigenvalue weighted by molar-refractivity contribution is 5.69. The smallest absolute Gasteiger partial charge is 0.306 e. The Hall–Kier alpha value is -1.32. The van der Waals surface area contributed by atoms with E-state index in [1.165, 1.54) is 0 Å². The van der Waals surface area contributed by atoms with Gasteiger partial charge in [-0.2, -0.15) is 0 Å². The zero-order valence-corrected chi connectivity index (χ0v) is 12.0. The Labute approximate surface area is 109 Å². The van der Waals surface area contributed by atoms with Crippen LogP contribution < -0.4 is 0 Å². The van der Waals surface area contributed by atoms with Gasteiger partial charge in [0.1, 0.15) is 5.60 Å². The van der Waals surface area contributed by atoms with Crippen LogP contribution in [0.5, 0.6) is 0 Å². The van der Waals surface area contributed by atoms with Crippen molar-refractivity contribution in [2.75, 3.05) is 0 Å². The summed E-state index contributed by atoms with van der Waals surface area (Å²) in [4.78, 5) is 18.8. The summed E-state index contributed by atoms with van der Waals surface area (Å²) in [7, 11) is 0. The van der Waals surface area contributed by atoms with Gasteiger partial charge in [-0.05, 0) is 25.7 Å².